The van der Waals surface area contributed by atoms with E-state index in [0.717, 1.165) is 18.2 Å². The predicted octanol–water partition coefficient (Wildman–Crippen LogP) is 2.15. The van der Waals surface area contributed by atoms with Crippen LogP contribution in [0.15, 0.2) is 18.2 Å². The van der Waals surface area contributed by atoms with Gasteiger partial charge in [0.1, 0.15) is 11.6 Å². The van der Waals surface area contributed by atoms with E-state index in [-0.39, 0.29) is 5.56 Å². The highest BCUT2D eigenvalue weighted by Crippen LogP contribution is 2.19. The molecule has 1 atom stereocenters. The third-order valence-electron chi connectivity index (χ3n) is 1.79. The molecule has 0 unspecified atom stereocenters. The molecule has 4 heteroatoms. The van der Waals surface area contributed by atoms with Gasteiger partial charge in [0, 0.05) is 5.56 Å². The third-order valence-corrected chi connectivity index (χ3v) is 1.79. The van der Waals surface area contributed by atoms with Gasteiger partial charge < -0.3 is 5.11 Å². The second-order valence-electron chi connectivity index (χ2n) is 2.73. The van der Waals surface area contributed by atoms with Crippen molar-refractivity contribution in [1.29, 1.82) is 0 Å². The first-order valence-corrected chi connectivity index (χ1v) is 3.70. The van der Waals surface area contributed by atoms with Gasteiger partial charge in [-0.15, -0.1) is 0 Å². The molecule has 1 aromatic rings. The zero-order valence-electron chi connectivity index (χ0n) is 6.92. The van der Waals surface area contributed by atoms with Crippen LogP contribution < -0.4 is 0 Å². The summed E-state index contributed by atoms with van der Waals surface area (Å²) in [6.45, 7) is 1.31. The molecule has 0 aliphatic rings. The highest BCUT2D eigenvalue weighted by molar-refractivity contribution is 5.75. The summed E-state index contributed by atoms with van der Waals surface area (Å²) in [6, 6.07) is 2.77. The Morgan fingerprint density at radius 3 is 2.62 bits per heavy atom. The molecular weight excluding hydrogens is 178 g/mol. The summed E-state index contributed by atoms with van der Waals surface area (Å²) in [4.78, 5) is 10.5. The Kier molecular flexibility index (Phi) is 2.60. The molecule has 1 N–H and O–H groups in total. The molecule has 0 saturated heterocycles. The molecule has 1 rings (SSSR count). The standard InChI is InChI=1S/C9H8F2O2/c1-5(9(12)13)7-4-6(10)2-3-8(7)11/h2-5H,1H3,(H,12,13)/t5-/m0/s1. The van der Waals surface area contributed by atoms with E-state index in [9.17, 15) is 13.6 Å². The predicted molar refractivity (Wildman–Crippen MR) is 42.4 cm³/mol. The summed E-state index contributed by atoms with van der Waals surface area (Å²) in [5, 5.41) is 8.56. The molecule has 13 heavy (non-hydrogen) atoms. The molecule has 0 fully saturated rings. The fourth-order valence-electron chi connectivity index (χ4n) is 0.979. The molecule has 0 spiro atoms. The number of carboxylic acids is 1. The number of halogens is 2. The molecular formula is C9H8F2O2. The average Bonchev–Trinajstić information content (AvgIpc) is 2.08. The summed E-state index contributed by atoms with van der Waals surface area (Å²) < 4.78 is 25.6. The summed E-state index contributed by atoms with van der Waals surface area (Å²) in [5.41, 5.74) is -0.132. The van der Waals surface area contributed by atoms with Crippen LogP contribution in [0.3, 0.4) is 0 Å². The molecule has 2 nitrogen and oxygen atoms in total. The average molecular weight is 186 g/mol. The summed E-state index contributed by atoms with van der Waals surface area (Å²) >= 11 is 0. The lowest BCUT2D eigenvalue weighted by atomic mass is 10.0. The van der Waals surface area contributed by atoms with Crippen LogP contribution in [0.4, 0.5) is 8.78 Å². The van der Waals surface area contributed by atoms with Crippen molar-refractivity contribution in [3.8, 4) is 0 Å². The van der Waals surface area contributed by atoms with Gasteiger partial charge in [-0.2, -0.15) is 0 Å². The van der Waals surface area contributed by atoms with E-state index in [1.54, 1.807) is 0 Å². The van der Waals surface area contributed by atoms with Crippen LogP contribution in [0.25, 0.3) is 0 Å². The van der Waals surface area contributed by atoms with Crippen LogP contribution in [0, 0.1) is 11.6 Å². The number of rotatable bonds is 2. The minimum atomic E-state index is -1.18. The van der Waals surface area contributed by atoms with Crippen LogP contribution in [-0.4, -0.2) is 11.1 Å². The Morgan fingerprint density at radius 1 is 1.46 bits per heavy atom. The number of aliphatic carboxylic acids is 1. The van der Waals surface area contributed by atoms with Gasteiger partial charge >= 0.3 is 5.97 Å². The fraction of sp³-hybridized carbons (Fsp3) is 0.222. The highest BCUT2D eigenvalue weighted by atomic mass is 19.1. The SMILES string of the molecule is C[C@H](C(=O)O)c1cc(F)ccc1F. The van der Waals surface area contributed by atoms with Crippen LogP contribution >= 0.6 is 0 Å². The number of carbonyl (C=O) groups is 1. The summed E-state index contributed by atoms with van der Waals surface area (Å²) in [5.74, 6) is -3.54. The molecule has 0 bridgehead atoms. The number of carboxylic acid groups (broad SMARTS) is 1. The maximum Gasteiger partial charge on any atom is 0.310 e. The van der Waals surface area contributed by atoms with Crippen molar-refractivity contribution in [2.24, 2.45) is 0 Å². The second kappa shape index (κ2) is 3.51. The van der Waals surface area contributed by atoms with Crippen LogP contribution in [-0.2, 0) is 4.79 Å². The van der Waals surface area contributed by atoms with Gasteiger partial charge in [-0.1, -0.05) is 0 Å². The maximum absolute atomic E-state index is 13.0. The maximum atomic E-state index is 13.0. The first-order valence-electron chi connectivity index (χ1n) is 3.70. The molecule has 0 aromatic heterocycles. The lowest BCUT2D eigenvalue weighted by Gasteiger charge is -2.07. The van der Waals surface area contributed by atoms with E-state index in [1.165, 1.54) is 6.92 Å². The second-order valence-corrected chi connectivity index (χ2v) is 2.73. The van der Waals surface area contributed by atoms with Crippen LogP contribution in [0.1, 0.15) is 18.4 Å². The van der Waals surface area contributed by atoms with Gasteiger partial charge in [-0.25, -0.2) is 8.78 Å². The molecule has 0 amide bonds. The molecule has 0 saturated carbocycles. The third kappa shape index (κ3) is 2.02. The molecule has 0 aliphatic heterocycles. The Hall–Kier alpha value is -1.45. The van der Waals surface area contributed by atoms with Crippen LogP contribution in [0.2, 0.25) is 0 Å². The van der Waals surface area contributed by atoms with E-state index in [2.05, 4.69) is 0 Å². The smallest absolute Gasteiger partial charge is 0.310 e. The van der Waals surface area contributed by atoms with E-state index in [0.29, 0.717) is 0 Å². The van der Waals surface area contributed by atoms with Crippen molar-refractivity contribution in [1.82, 2.24) is 0 Å². The Balaban J connectivity index is 3.12. The Bertz CT molecular complexity index is 336. The van der Waals surface area contributed by atoms with Crippen molar-refractivity contribution in [3.05, 3.63) is 35.4 Å². The summed E-state index contributed by atoms with van der Waals surface area (Å²) in [7, 11) is 0. The lowest BCUT2D eigenvalue weighted by Crippen LogP contribution is -2.09. The van der Waals surface area contributed by atoms with E-state index in [4.69, 9.17) is 5.11 Å². The lowest BCUT2D eigenvalue weighted by molar-refractivity contribution is -0.138. The van der Waals surface area contributed by atoms with Crippen molar-refractivity contribution in [2.45, 2.75) is 12.8 Å². The highest BCUT2D eigenvalue weighted by Gasteiger charge is 2.18. The Labute approximate surface area is 73.8 Å². The van der Waals surface area contributed by atoms with Gasteiger partial charge in [0.05, 0.1) is 5.92 Å². The van der Waals surface area contributed by atoms with Gasteiger partial charge in [0.25, 0.3) is 0 Å². The van der Waals surface area contributed by atoms with Gasteiger partial charge in [0.2, 0.25) is 0 Å². The molecule has 0 heterocycles. The quantitative estimate of drug-likeness (QED) is 0.768. The van der Waals surface area contributed by atoms with Gasteiger partial charge in [-0.3, -0.25) is 4.79 Å². The minimum Gasteiger partial charge on any atom is -0.481 e. The number of hydrogen-bond donors (Lipinski definition) is 1. The van der Waals surface area contributed by atoms with Gasteiger partial charge in [0.15, 0.2) is 0 Å². The topological polar surface area (TPSA) is 37.3 Å². The van der Waals surface area contributed by atoms with E-state index in [1.807, 2.05) is 0 Å². The van der Waals surface area contributed by atoms with Crippen LogP contribution in [0.5, 0.6) is 0 Å². The van der Waals surface area contributed by atoms with Crippen molar-refractivity contribution in [3.63, 3.8) is 0 Å². The molecule has 1 aromatic carbocycles. The molecule has 0 aliphatic carbocycles. The Morgan fingerprint density at radius 2 is 2.08 bits per heavy atom. The zero-order chi connectivity index (χ0) is 10.0. The fourth-order valence-corrected chi connectivity index (χ4v) is 0.979. The first kappa shape index (κ1) is 9.64. The van der Waals surface area contributed by atoms with Gasteiger partial charge in [-0.05, 0) is 25.1 Å². The zero-order valence-corrected chi connectivity index (χ0v) is 6.92. The first-order chi connectivity index (χ1) is 6.02. The normalized spacial score (nSPS) is 12.5. The van der Waals surface area contributed by atoms with Crippen molar-refractivity contribution in [2.75, 3.05) is 0 Å². The molecule has 70 valence electrons. The number of hydrogen-bond acceptors (Lipinski definition) is 1. The summed E-state index contributed by atoms with van der Waals surface area (Å²) in [6.07, 6.45) is 0. The van der Waals surface area contributed by atoms with Crippen molar-refractivity contribution >= 4 is 5.97 Å². The van der Waals surface area contributed by atoms with Crippen molar-refractivity contribution < 1.29 is 18.7 Å². The largest absolute Gasteiger partial charge is 0.481 e. The van der Waals surface area contributed by atoms with E-state index >= 15 is 0 Å². The monoisotopic (exact) mass is 186 g/mol. The number of benzene rings is 1. The van der Waals surface area contributed by atoms with E-state index < -0.39 is 23.5 Å². The molecule has 0 radical (unpaired) electrons. The minimum absolute atomic E-state index is 0.132.